The first-order chi connectivity index (χ1) is 13.8. The van der Waals surface area contributed by atoms with Crippen LogP contribution in [0.4, 0.5) is 0 Å². The highest BCUT2D eigenvalue weighted by Gasteiger charge is 2.24. The largest absolute Gasteiger partial charge is 0.358 e. The van der Waals surface area contributed by atoms with E-state index in [1.165, 1.54) is 33.4 Å². The normalized spacial score (nSPS) is 16.0. The minimum Gasteiger partial charge on any atom is -0.358 e. The Bertz CT molecular complexity index is 1070. The Labute approximate surface area is 165 Å². The van der Waals surface area contributed by atoms with E-state index in [0.29, 0.717) is 6.04 Å². The van der Waals surface area contributed by atoms with Crippen LogP contribution in [0.15, 0.2) is 67.1 Å². The number of imidazole rings is 1. The van der Waals surface area contributed by atoms with Gasteiger partial charge in [0, 0.05) is 47.8 Å². The van der Waals surface area contributed by atoms with Gasteiger partial charge in [0.25, 0.3) is 0 Å². The lowest BCUT2D eigenvalue weighted by Gasteiger charge is -2.33. The molecule has 3 heterocycles. The van der Waals surface area contributed by atoms with Crippen molar-refractivity contribution >= 4 is 10.9 Å². The highest BCUT2D eigenvalue weighted by Crippen LogP contribution is 2.35. The van der Waals surface area contributed by atoms with Crippen LogP contribution in [0.3, 0.4) is 0 Å². The Balaban J connectivity index is 1.36. The van der Waals surface area contributed by atoms with Gasteiger partial charge in [-0.15, -0.1) is 0 Å². The van der Waals surface area contributed by atoms with Crippen molar-refractivity contribution in [1.82, 2.24) is 19.4 Å². The van der Waals surface area contributed by atoms with E-state index in [9.17, 15) is 0 Å². The molecule has 1 saturated heterocycles. The maximum Gasteiger partial charge on any atom is 0.0953 e. The van der Waals surface area contributed by atoms with Gasteiger partial charge >= 0.3 is 0 Å². The Kier molecular flexibility index (Phi) is 4.49. The van der Waals surface area contributed by atoms with Crippen LogP contribution in [0.1, 0.15) is 30.1 Å². The summed E-state index contributed by atoms with van der Waals surface area (Å²) in [7, 11) is 0. The molecule has 5 rings (SSSR count). The molecular formula is C24H26N4. The van der Waals surface area contributed by atoms with E-state index >= 15 is 0 Å². The number of rotatable bonds is 4. The Morgan fingerprint density at radius 3 is 2.57 bits per heavy atom. The van der Waals surface area contributed by atoms with Crippen LogP contribution < -0.4 is 0 Å². The predicted octanol–water partition coefficient (Wildman–Crippen LogP) is 5.18. The molecule has 4 heteroatoms. The Morgan fingerprint density at radius 1 is 1.00 bits per heavy atom. The number of aromatic nitrogens is 3. The van der Waals surface area contributed by atoms with Crippen molar-refractivity contribution in [2.24, 2.45) is 0 Å². The third-order valence-corrected chi connectivity index (χ3v) is 6.02. The van der Waals surface area contributed by atoms with Crippen LogP contribution in [0.5, 0.6) is 0 Å². The van der Waals surface area contributed by atoms with E-state index in [1.54, 1.807) is 0 Å². The van der Waals surface area contributed by atoms with Gasteiger partial charge in [-0.3, -0.25) is 4.90 Å². The van der Waals surface area contributed by atoms with Crippen molar-refractivity contribution < 1.29 is 0 Å². The zero-order valence-corrected chi connectivity index (χ0v) is 16.3. The number of nitrogens with one attached hydrogen (secondary N) is 1. The molecule has 1 aliphatic heterocycles. The number of piperidine rings is 1. The average Bonchev–Trinajstić information content (AvgIpc) is 3.32. The molecule has 0 aliphatic carbocycles. The molecule has 0 atom stereocenters. The van der Waals surface area contributed by atoms with E-state index in [1.807, 2.05) is 12.5 Å². The van der Waals surface area contributed by atoms with Crippen LogP contribution in [0.25, 0.3) is 22.2 Å². The maximum absolute atomic E-state index is 4.52. The van der Waals surface area contributed by atoms with Crippen molar-refractivity contribution in [1.29, 1.82) is 0 Å². The summed E-state index contributed by atoms with van der Waals surface area (Å²) in [5.74, 6) is 0. The summed E-state index contributed by atoms with van der Waals surface area (Å²) < 4.78 is 2.41. The fraction of sp³-hybridized carbons (Fsp3) is 0.292. The van der Waals surface area contributed by atoms with Gasteiger partial charge in [-0.05, 0) is 31.4 Å². The number of aryl methyl sites for hydroxylation is 1. The van der Waals surface area contributed by atoms with E-state index in [-0.39, 0.29) is 0 Å². The van der Waals surface area contributed by atoms with Crippen LogP contribution in [0, 0.1) is 6.92 Å². The molecular weight excluding hydrogens is 344 g/mol. The summed E-state index contributed by atoms with van der Waals surface area (Å²) in [4.78, 5) is 10.6. The zero-order chi connectivity index (χ0) is 18.9. The number of benzene rings is 2. The maximum atomic E-state index is 4.52. The molecule has 28 heavy (non-hydrogen) atoms. The SMILES string of the molecule is Cc1[nH]c2ccccc2c1-c1cncn1C1CCN(Cc2ccccc2)CC1. The second kappa shape index (κ2) is 7.28. The highest BCUT2D eigenvalue weighted by atomic mass is 15.2. The van der Waals surface area contributed by atoms with E-state index in [2.05, 4.69) is 81.0 Å². The van der Waals surface area contributed by atoms with Crippen LogP contribution in [0.2, 0.25) is 0 Å². The number of hydrogen-bond acceptors (Lipinski definition) is 2. The summed E-state index contributed by atoms with van der Waals surface area (Å²) in [5, 5.41) is 1.28. The Morgan fingerprint density at radius 2 is 1.75 bits per heavy atom. The van der Waals surface area contributed by atoms with Crippen molar-refractivity contribution in [3.8, 4) is 11.3 Å². The fourth-order valence-electron chi connectivity index (χ4n) is 4.59. The van der Waals surface area contributed by atoms with Crippen molar-refractivity contribution in [3.05, 3.63) is 78.4 Å². The summed E-state index contributed by atoms with van der Waals surface area (Å²) in [5.41, 5.74) is 6.33. The molecule has 0 saturated carbocycles. The fourth-order valence-corrected chi connectivity index (χ4v) is 4.59. The lowest BCUT2D eigenvalue weighted by atomic mass is 10.0. The average molecular weight is 371 g/mol. The first kappa shape index (κ1) is 17.3. The first-order valence-electron chi connectivity index (χ1n) is 10.2. The quantitative estimate of drug-likeness (QED) is 0.537. The topological polar surface area (TPSA) is 36.9 Å². The number of nitrogens with zero attached hydrogens (tertiary/aromatic N) is 3. The molecule has 0 spiro atoms. The van der Waals surface area contributed by atoms with Crippen molar-refractivity contribution in [2.45, 2.75) is 32.4 Å². The lowest BCUT2D eigenvalue weighted by Crippen LogP contribution is -2.34. The number of hydrogen-bond donors (Lipinski definition) is 1. The van der Waals surface area contributed by atoms with E-state index in [0.717, 1.165) is 32.5 Å². The molecule has 1 fully saturated rings. The molecule has 142 valence electrons. The number of H-pyrrole nitrogens is 1. The minimum atomic E-state index is 0.512. The van der Waals surface area contributed by atoms with Gasteiger partial charge in [-0.2, -0.15) is 0 Å². The van der Waals surface area contributed by atoms with Gasteiger partial charge in [0.1, 0.15) is 0 Å². The predicted molar refractivity (Wildman–Crippen MR) is 114 cm³/mol. The molecule has 2 aromatic heterocycles. The van der Waals surface area contributed by atoms with E-state index in [4.69, 9.17) is 0 Å². The van der Waals surface area contributed by atoms with Crippen LogP contribution in [-0.4, -0.2) is 32.5 Å². The summed E-state index contributed by atoms with van der Waals surface area (Å²) in [6.45, 7) is 5.47. The molecule has 0 unspecified atom stereocenters. The number of aromatic amines is 1. The molecule has 4 aromatic rings. The third-order valence-electron chi connectivity index (χ3n) is 6.02. The molecule has 1 N–H and O–H groups in total. The summed E-state index contributed by atoms with van der Waals surface area (Å²) >= 11 is 0. The number of fused-ring (bicyclic) bond motifs is 1. The van der Waals surface area contributed by atoms with Gasteiger partial charge in [0.05, 0.1) is 18.2 Å². The monoisotopic (exact) mass is 370 g/mol. The molecule has 1 aliphatic rings. The molecule has 0 amide bonds. The standard InChI is InChI=1S/C24H26N4/c1-18-24(21-9-5-6-10-22(21)26-18)23-15-25-17-28(23)20-11-13-27(14-12-20)16-19-7-3-2-4-8-19/h2-10,15,17,20,26H,11-14,16H2,1H3. The lowest BCUT2D eigenvalue weighted by molar-refractivity contribution is 0.180. The number of likely N-dealkylation sites (tertiary alicyclic amines) is 1. The van der Waals surface area contributed by atoms with Crippen molar-refractivity contribution in [3.63, 3.8) is 0 Å². The Hall–Kier alpha value is -2.85. The van der Waals surface area contributed by atoms with Gasteiger partial charge in [-0.25, -0.2) is 4.98 Å². The molecule has 4 nitrogen and oxygen atoms in total. The van der Waals surface area contributed by atoms with Crippen LogP contribution in [-0.2, 0) is 6.54 Å². The second-order valence-electron chi connectivity index (χ2n) is 7.85. The van der Waals surface area contributed by atoms with Crippen LogP contribution >= 0.6 is 0 Å². The smallest absolute Gasteiger partial charge is 0.0953 e. The second-order valence-corrected chi connectivity index (χ2v) is 7.85. The number of para-hydroxylation sites is 1. The summed E-state index contributed by atoms with van der Waals surface area (Å²) in [6, 6.07) is 19.8. The van der Waals surface area contributed by atoms with Crippen molar-refractivity contribution in [2.75, 3.05) is 13.1 Å². The molecule has 0 bridgehead atoms. The van der Waals surface area contributed by atoms with E-state index < -0.39 is 0 Å². The first-order valence-corrected chi connectivity index (χ1v) is 10.2. The van der Waals surface area contributed by atoms with Gasteiger partial charge in [-0.1, -0.05) is 48.5 Å². The molecule has 2 aromatic carbocycles. The third kappa shape index (κ3) is 3.14. The van der Waals surface area contributed by atoms with Gasteiger partial charge < -0.3 is 9.55 Å². The highest BCUT2D eigenvalue weighted by molar-refractivity contribution is 5.96. The van der Waals surface area contributed by atoms with Gasteiger partial charge in [0.2, 0.25) is 0 Å². The molecule has 0 radical (unpaired) electrons. The zero-order valence-electron chi connectivity index (χ0n) is 16.3. The minimum absolute atomic E-state index is 0.512. The summed E-state index contributed by atoms with van der Waals surface area (Å²) in [6.07, 6.45) is 6.38. The van der Waals surface area contributed by atoms with Gasteiger partial charge in [0.15, 0.2) is 0 Å².